The summed E-state index contributed by atoms with van der Waals surface area (Å²) in [5.41, 5.74) is 4.80. The summed E-state index contributed by atoms with van der Waals surface area (Å²) in [5, 5.41) is 18.5. The Labute approximate surface area is 129 Å². The Hall–Kier alpha value is -2.36. The van der Waals surface area contributed by atoms with E-state index in [2.05, 4.69) is 19.9 Å². The highest BCUT2D eigenvalue weighted by Crippen LogP contribution is 2.36. The van der Waals surface area contributed by atoms with Crippen LogP contribution in [0.2, 0.25) is 0 Å². The molecule has 0 aromatic heterocycles. The molecule has 1 aromatic carbocycles. The minimum Gasteiger partial charge on any atom is -0.480 e. The summed E-state index contributed by atoms with van der Waals surface area (Å²) in [5.74, 6) is -2.67. The SMILES string of the molecule is Cc1cc(C2=CCC(C(=O)O)(C(=O)O)C=C2)c(C)c(C)c1C. The van der Waals surface area contributed by atoms with Crippen molar-refractivity contribution in [1.82, 2.24) is 0 Å². The van der Waals surface area contributed by atoms with Crippen molar-refractivity contribution < 1.29 is 19.8 Å². The topological polar surface area (TPSA) is 74.6 Å². The van der Waals surface area contributed by atoms with Crippen LogP contribution in [0.5, 0.6) is 0 Å². The largest absolute Gasteiger partial charge is 0.480 e. The van der Waals surface area contributed by atoms with Gasteiger partial charge in [-0.1, -0.05) is 24.3 Å². The summed E-state index contributed by atoms with van der Waals surface area (Å²) in [7, 11) is 0. The summed E-state index contributed by atoms with van der Waals surface area (Å²) in [6.07, 6.45) is 4.56. The Morgan fingerprint density at radius 3 is 2.05 bits per heavy atom. The fourth-order valence-electron chi connectivity index (χ4n) is 2.76. The van der Waals surface area contributed by atoms with E-state index in [0.717, 1.165) is 16.7 Å². The quantitative estimate of drug-likeness (QED) is 0.839. The number of hydrogen-bond acceptors (Lipinski definition) is 2. The Morgan fingerprint density at radius 1 is 1.00 bits per heavy atom. The van der Waals surface area contributed by atoms with Gasteiger partial charge in [0.2, 0.25) is 0 Å². The van der Waals surface area contributed by atoms with Gasteiger partial charge in [-0.25, -0.2) is 0 Å². The first kappa shape index (κ1) is 16.0. The average Bonchev–Trinajstić information content (AvgIpc) is 2.48. The van der Waals surface area contributed by atoms with Gasteiger partial charge >= 0.3 is 11.9 Å². The van der Waals surface area contributed by atoms with E-state index in [4.69, 9.17) is 0 Å². The lowest BCUT2D eigenvalue weighted by Gasteiger charge is -2.24. The number of aryl methyl sites for hydroxylation is 1. The van der Waals surface area contributed by atoms with Crippen molar-refractivity contribution in [1.29, 1.82) is 0 Å². The highest BCUT2D eigenvalue weighted by Gasteiger charge is 2.44. The minimum atomic E-state index is -1.85. The van der Waals surface area contributed by atoms with E-state index >= 15 is 0 Å². The van der Waals surface area contributed by atoms with E-state index < -0.39 is 17.4 Å². The van der Waals surface area contributed by atoms with Gasteiger partial charge in [0.15, 0.2) is 5.41 Å². The maximum absolute atomic E-state index is 11.3. The van der Waals surface area contributed by atoms with Crippen LogP contribution in [0.4, 0.5) is 0 Å². The molecule has 4 nitrogen and oxygen atoms in total. The Balaban J connectivity index is 2.48. The van der Waals surface area contributed by atoms with Gasteiger partial charge in [-0.15, -0.1) is 0 Å². The first-order chi connectivity index (χ1) is 10.2. The van der Waals surface area contributed by atoms with E-state index in [1.165, 1.54) is 22.8 Å². The van der Waals surface area contributed by atoms with Crippen LogP contribution >= 0.6 is 0 Å². The lowest BCUT2D eigenvalue weighted by Crippen LogP contribution is -2.38. The zero-order valence-corrected chi connectivity index (χ0v) is 13.2. The molecule has 0 saturated heterocycles. The molecule has 1 aliphatic carbocycles. The standard InChI is InChI=1S/C18H20O4/c1-10-9-15(13(4)12(3)11(10)2)14-5-7-18(8-6-14,16(19)20)17(21)22/h5-7,9H,8H2,1-4H3,(H,19,20)(H,21,22). The van der Waals surface area contributed by atoms with E-state index in [1.807, 2.05) is 13.8 Å². The van der Waals surface area contributed by atoms with Crippen LogP contribution in [-0.4, -0.2) is 22.2 Å². The van der Waals surface area contributed by atoms with Gasteiger partial charge in [0.1, 0.15) is 0 Å². The van der Waals surface area contributed by atoms with Crippen LogP contribution in [0.15, 0.2) is 24.3 Å². The number of aliphatic carboxylic acids is 2. The van der Waals surface area contributed by atoms with Crippen molar-refractivity contribution in [3.05, 3.63) is 52.1 Å². The number of carboxylic acids is 2. The molecule has 0 radical (unpaired) electrons. The maximum atomic E-state index is 11.3. The fourth-order valence-corrected chi connectivity index (χ4v) is 2.76. The molecule has 0 saturated carbocycles. The molecule has 0 aliphatic heterocycles. The molecule has 116 valence electrons. The first-order valence-corrected chi connectivity index (χ1v) is 7.14. The molecular weight excluding hydrogens is 280 g/mol. The Kier molecular flexibility index (Phi) is 3.96. The molecule has 2 N–H and O–H groups in total. The maximum Gasteiger partial charge on any atom is 0.325 e. The van der Waals surface area contributed by atoms with Gasteiger partial charge in [0.05, 0.1) is 0 Å². The Morgan fingerprint density at radius 2 is 1.59 bits per heavy atom. The zero-order chi connectivity index (χ0) is 16.7. The summed E-state index contributed by atoms with van der Waals surface area (Å²) in [6.45, 7) is 8.21. The van der Waals surface area contributed by atoms with Crippen molar-refractivity contribution in [3.63, 3.8) is 0 Å². The normalized spacial score (nSPS) is 16.3. The zero-order valence-electron chi connectivity index (χ0n) is 13.2. The molecule has 22 heavy (non-hydrogen) atoms. The minimum absolute atomic E-state index is 0.0467. The van der Waals surface area contributed by atoms with E-state index in [0.29, 0.717) is 0 Å². The number of carbonyl (C=O) groups is 2. The van der Waals surface area contributed by atoms with Gasteiger partial charge in [0, 0.05) is 0 Å². The van der Waals surface area contributed by atoms with Gasteiger partial charge in [-0.05, 0) is 67.5 Å². The third-order valence-electron chi connectivity index (χ3n) is 4.75. The molecular formula is C18H20O4. The number of benzene rings is 1. The lowest BCUT2D eigenvalue weighted by atomic mass is 9.78. The second-order valence-electron chi connectivity index (χ2n) is 5.89. The third kappa shape index (κ3) is 2.34. The first-order valence-electron chi connectivity index (χ1n) is 7.14. The predicted molar refractivity (Wildman–Crippen MR) is 84.8 cm³/mol. The number of hydrogen-bond donors (Lipinski definition) is 2. The smallest absolute Gasteiger partial charge is 0.325 e. The number of rotatable bonds is 3. The van der Waals surface area contributed by atoms with Crippen LogP contribution < -0.4 is 0 Å². The third-order valence-corrected chi connectivity index (χ3v) is 4.75. The summed E-state index contributed by atoms with van der Waals surface area (Å²) in [6, 6.07) is 2.07. The molecule has 1 aromatic rings. The molecule has 2 rings (SSSR count). The van der Waals surface area contributed by atoms with Crippen LogP contribution in [0.3, 0.4) is 0 Å². The molecule has 0 bridgehead atoms. The van der Waals surface area contributed by atoms with Crippen LogP contribution in [-0.2, 0) is 9.59 Å². The van der Waals surface area contributed by atoms with Gasteiger partial charge < -0.3 is 10.2 Å². The molecule has 0 fully saturated rings. The van der Waals surface area contributed by atoms with Crippen LogP contribution in [0.1, 0.15) is 34.2 Å². The van der Waals surface area contributed by atoms with Crippen molar-refractivity contribution in [2.75, 3.05) is 0 Å². The van der Waals surface area contributed by atoms with Gasteiger partial charge in [0.25, 0.3) is 0 Å². The lowest BCUT2D eigenvalue weighted by molar-refractivity contribution is -0.160. The monoisotopic (exact) mass is 300 g/mol. The van der Waals surface area contributed by atoms with Gasteiger partial charge in [-0.2, -0.15) is 0 Å². The average molecular weight is 300 g/mol. The highest BCUT2D eigenvalue weighted by atomic mass is 16.4. The van der Waals surface area contributed by atoms with Crippen molar-refractivity contribution in [2.45, 2.75) is 34.1 Å². The molecule has 4 heteroatoms. The van der Waals surface area contributed by atoms with Crippen LogP contribution in [0.25, 0.3) is 5.57 Å². The van der Waals surface area contributed by atoms with E-state index in [-0.39, 0.29) is 6.42 Å². The summed E-state index contributed by atoms with van der Waals surface area (Å²) in [4.78, 5) is 22.6. The molecule has 0 atom stereocenters. The summed E-state index contributed by atoms with van der Waals surface area (Å²) >= 11 is 0. The molecule has 0 heterocycles. The Bertz CT molecular complexity index is 709. The summed E-state index contributed by atoms with van der Waals surface area (Å²) < 4.78 is 0. The van der Waals surface area contributed by atoms with Gasteiger partial charge in [-0.3, -0.25) is 9.59 Å². The molecule has 0 spiro atoms. The number of carboxylic acid groups (broad SMARTS) is 2. The van der Waals surface area contributed by atoms with Crippen LogP contribution in [0, 0.1) is 33.1 Å². The van der Waals surface area contributed by atoms with E-state index in [9.17, 15) is 19.8 Å². The number of allylic oxidation sites excluding steroid dienone is 3. The van der Waals surface area contributed by atoms with Crippen molar-refractivity contribution in [3.8, 4) is 0 Å². The molecule has 0 amide bonds. The second-order valence-corrected chi connectivity index (χ2v) is 5.89. The molecule has 1 aliphatic rings. The van der Waals surface area contributed by atoms with E-state index in [1.54, 1.807) is 12.2 Å². The fraction of sp³-hybridized carbons (Fsp3) is 0.333. The predicted octanol–water partition coefficient (Wildman–Crippen LogP) is 3.42. The molecule has 0 unspecified atom stereocenters. The second kappa shape index (κ2) is 5.44. The highest BCUT2D eigenvalue weighted by molar-refractivity contribution is 6.02. The van der Waals surface area contributed by atoms with Crippen molar-refractivity contribution in [2.24, 2.45) is 5.41 Å². The van der Waals surface area contributed by atoms with Crippen molar-refractivity contribution >= 4 is 17.5 Å².